The van der Waals surface area contributed by atoms with Crippen LogP contribution in [0.5, 0.6) is 5.75 Å². The minimum atomic E-state index is -0.380. The summed E-state index contributed by atoms with van der Waals surface area (Å²) in [7, 11) is 1.46. The lowest BCUT2D eigenvalue weighted by atomic mass is 9.95. The fourth-order valence-electron chi connectivity index (χ4n) is 3.51. The van der Waals surface area contributed by atoms with Crippen molar-refractivity contribution >= 4 is 6.47 Å². The first-order valence-electron chi connectivity index (χ1n) is 9.09. The first-order valence-corrected chi connectivity index (χ1v) is 9.09. The lowest BCUT2D eigenvalue weighted by Crippen LogP contribution is -2.20. The Balaban J connectivity index is 0.000000755. The third-order valence-electron chi connectivity index (χ3n) is 4.85. The molecule has 0 bridgehead atoms. The van der Waals surface area contributed by atoms with Gasteiger partial charge in [-0.25, -0.2) is 9.37 Å². The maximum Gasteiger partial charge on any atom is 0.290 e. The second-order valence-electron chi connectivity index (χ2n) is 6.54. The van der Waals surface area contributed by atoms with Gasteiger partial charge >= 0.3 is 0 Å². The zero-order valence-electron chi connectivity index (χ0n) is 15.9. The van der Waals surface area contributed by atoms with E-state index in [2.05, 4.69) is 14.5 Å². The molecule has 152 valence electrons. The Labute approximate surface area is 167 Å². The summed E-state index contributed by atoms with van der Waals surface area (Å²) in [6, 6.07) is 9.07. The number of halogens is 1. The van der Waals surface area contributed by atoms with E-state index in [0.29, 0.717) is 19.1 Å². The molecular formula is C21H22FN3O4. The molecular weight excluding hydrogens is 377 g/mol. The van der Waals surface area contributed by atoms with Crippen LogP contribution in [0.1, 0.15) is 11.6 Å². The molecule has 29 heavy (non-hydrogen) atoms. The minimum absolute atomic E-state index is 0.178. The smallest absolute Gasteiger partial charge is 0.290 e. The van der Waals surface area contributed by atoms with Crippen LogP contribution in [0.3, 0.4) is 0 Å². The Morgan fingerprint density at radius 3 is 2.76 bits per heavy atom. The van der Waals surface area contributed by atoms with Crippen LogP contribution in [0, 0.1) is 11.7 Å². The zero-order chi connectivity index (χ0) is 20.6. The van der Waals surface area contributed by atoms with E-state index in [1.165, 1.54) is 18.7 Å². The lowest BCUT2D eigenvalue weighted by molar-refractivity contribution is -0.122. The van der Waals surface area contributed by atoms with Crippen LogP contribution in [0.2, 0.25) is 0 Å². The summed E-state index contributed by atoms with van der Waals surface area (Å²) >= 11 is 0. The van der Waals surface area contributed by atoms with E-state index in [0.717, 1.165) is 17.8 Å². The molecule has 8 heteroatoms. The predicted molar refractivity (Wildman–Crippen MR) is 104 cm³/mol. The highest BCUT2D eigenvalue weighted by Crippen LogP contribution is 2.33. The van der Waals surface area contributed by atoms with E-state index in [1.807, 2.05) is 30.7 Å². The first-order chi connectivity index (χ1) is 14.2. The van der Waals surface area contributed by atoms with Gasteiger partial charge in [-0.3, -0.25) is 9.78 Å². The summed E-state index contributed by atoms with van der Waals surface area (Å²) in [5.41, 5.74) is 2.06. The SMILES string of the molecule is COc1cc(-c2nccn2[C@@H]2COC[C@H]2Cc2ccncc2)ccc1F.O=CO. The molecule has 7 nitrogen and oxygen atoms in total. The quantitative estimate of drug-likeness (QED) is 0.663. The molecule has 2 atom stereocenters. The van der Waals surface area contributed by atoms with E-state index >= 15 is 0 Å². The molecule has 0 saturated carbocycles. The van der Waals surface area contributed by atoms with Crippen molar-refractivity contribution in [3.8, 4) is 17.1 Å². The molecule has 3 heterocycles. The molecule has 1 fully saturated rings. The average molecular weight is 399 g/mol. The van der Waals surface area contributed by atoms with Crippen molar-refractivity contribution in [1.29, 1.82) is 0 Å². The number of benzene rings is 1. The van der Waals surface area contributed by atoms with Gasteiger partial charge in [0, 0.05) is 36.3 Å². The third-order valence-corrected chi connectivity index (χ3v) is 4.85. The topological polar surface area (TPSA) is 86.5 Å². The zero-order valence-corrected chi connectivity index (χ0v) is 15.9. The fraction of sp³-hybridized carbons (Fsp3) is 0.286. The van der Waals surface area contributed by atoms with Gasteiger partial charge in [0.1, 0.15) is 5.82 Å². The van der Waals surface area contributed by atoms with Gasteiger partial charge in [0.25, 0.3) is 6.47 Å². The van der Waals surface area contributed by atoms with Crippen molar-refractivity contribution in [3.05, 3.63) is 66.5 Å². The second kappa shape index (κ2) is 9.79. The van der Waals surface area contributed by atoms with Gasteiger partial charge < -0.3 is 19.1 Å². The van der Waals surface area contributed by atoms with Gasteiger partial charge in [0.15, 0.2) is 11.6 Å². The number of aromatic nitrogens is 3. The number of rotatable bonds is 5. The molecule has 0 spiro atoms. The molecule has 1 N–H and O–H groups in total. The Morgan fingerprint density at radius 1 is 1.28 bits per heavy atom. The van der Waals surface area contributed by atoms with Gasteiger partial charge in [0.2, 0.25) is 0 Å². The molecule has 0 aliphatic carbocycles. The van der Waals surface area contributed by atoms with Gasteiger partial charge in [-0.15, -0.1) is 0 Å². The number of pyridine rings is 1. The Morgan fingerprint density at radius 2 is 2.03 bits per heavy atom. The van der Waals surface area contributed by atoms with Crippen LogP contribution in [-0.4, -0.2) is 46.4 Å². The molecule has 1 aromatic carbocycles. The van der Waals surface area contributed by atoms with Crippen molar-refractivity contribution in [1.82, 2.24) is 14.5 Å². The molecule has 0 unspecified atom stereocenters. The molecule has 1 aliphatic heterocycles. The number of hydrogen-bond donors (Lipinski definition) is 1. The summed E-state index contributed by atoms with van der Waals surface area (Å²) in [6.07, 6.45) is 8.27. The Bertz CT molecular complexity index is 933. The normalized spacial score (nSPS) is 18.0. The van der Waals surface area contributed by atoms with E-state index in [1.54, 1.807) is 18.3 Å². The Kier molecular flexibility index (Phi) is 6.91. The summed E-state index contributed by atoms with van der Waals surface area (Å²) < 4.78 is 26.7. The van der Waals surface area contributed by atoms with Crippen molar-refractivity contribution in [2.45, 2.75) is 12.5 Å². The third kappa shape index (κ3) is 4.78. The van der Waals surface area contributed by atoms with E-state index < -0.39 is 0 Å². The summed E-state index contributed by atoms with van der Waals surface area (Å²) in [4.78, 5) is 16.9. The molecule has 1 saturated heterocycles. The van der Waals surface area contributed by atoms with Crippen molar-refractivity contribution in [2.24, 2.45) is 5.92 Å². The fourth-order valence-corrected chi connectivity index (χ4v) is 3.51. The van der Waals surface area contributed by atoms with Crippen molar-refractivity contribution < 1.29 is 23.8 Å². The van der Waals surface area contributed by atoms with Gasteiger partial charge in [0.05, 0.1) is 26.4 Å². The number of hydrogen-bond acceptors (Lipinski definition) is 5. The van der Waals surface area contributed by atoms with Crippen LogP contribution in [0.15, 0.2) is 55.1 Å². The number of nitrogens with zero attached hydrogens (tertiary/aromatic N) is 3. The molecule has 0 amide bonds. The largest absolute Gasteiger partial charge is 0.494 e. The molecule has 2 aromatic heterocycles. The summed E-state index contributed by atoms with van der Waals surface area (Å²) in [5, 5.41) is 6.89. The Hall–Kier alpha value is -3.26. The number of ether oxygens (including phenoxy) is 2. The van der Waals surface area contributed by atoms with Crippen molar-refractivity contribution in [2.75, 3.05) is 20.3 Å². The number of imidazole rings is 1. The average Bonchev–Trinajstić information content (AvgIpc) is 3.39. The number of carboxylic acid groups (broad SMARTS) is 1. The summed E-state index contributed by atoms with van der Waals surface area (Å²) in [6.45, 7) is 1.09. The van der Waals surface area contributed by atoms with E-state index in [-0.39, 0.29) is 24.1 Å². The second-order valence-corrected chi connectivity index (χ2v) is 6.54. The standard InChI is InChI=1S/C20H20FN3O2.CH2O2/c1-25-19-11-15(2-3-17(19)21)20-23-8-9-24(20)18-13-26-12-16(18)10-14-4-6-22-7-5-14;2-1-3/h2-9,11,16,18H,10,12-13H2,1H3;1H,(H,2,3)/t16-,18-;/m1./s1. The van der Waals surface area contributed by atoms with Gasteiger partial charge in [-0.05, 0) is 42.3 Å². The van der Waals surface area contributed by atoms with Crippen LogP contribution in [-0.2, 0) is 16.0 Å². The monoisotopic (exact) mass is 399 g/mol. The van der Waals surface area contributed by atoms with Crippen LogP contribution < -0.4 is 4.74 Å². The molecule has 0 radical (unpaired) electrons. The predicted octanol–water partition coefficient (Wildman–Crippen LogP) is 3.22. The number of carbonyl (C=O) groups is 1. The van der Waals surface area contributed by atoms with Gasteiger partial charge in [-0.1, -0.05) is 0 Å². The minimum Gasteiger partial charge on any atom is -0.494 e. The van der Waals surface area contributed by atoms with Crippen molar-refractivity contribution in [3.63, 3.8) is 0 Å². The maximum absolute atomic E-state index is 13.7. The van der Waals surface area contributed by atoms with Gasteiger partial charge in [-0.2, -0.15) is 0 Å². The highest BCUT2D eigenvalue weighted by molar-refractivity contribution is 5.58. The highest BCUT2D eigenvalue weighted by Gasteiger charge is 2.31. The molecule has 3 aromatic rings. The van der Waals surface area contributed by atoms with Crippen LogP contribution in [0.4, 0.5) is 4.39 Å². The molecule has 1 aliphatic rings. The lowest BCUT2D eigenvalue weighted by Gasteiger charge is -2.21. The van der Waals surface area contributed by atoms with E-state index in [4.69, 9.17) is 19.4 Å². The van der Waals surface area contributed by atoms with Crippen LogP contribution >= 0.6 is 0 Å². The summed E-state index contributed by atoms with van der Waals surface area (Å²) in [5.74, 6) is 0.966. The number of methoxy groups -OCH3 is 1. The first kappa shape index (κ1) is 20.5. The highest BCUT2D eigenvalue weighted by atomic mass is 19.1. The van der Waals surface area contributed by atoms with E-state index in [9.17, 15) is 4.39 Å². The molecule has 4 rings (SSSR count). The maximum atomic E-state index is 13.7. The van der Waals surface area contributed by atoms with Crippen LogP contribution in [0.25, 0.3) is 11.4 Å².